The SMILES string of the molecule is C=C(CC1(C(C)C)CCCC(C)C1)C(=O)O. The minimum Gasteiger partial charge on any atom is -0.478 e. The monoisotopic (exact) mass is 224 g/mol. The molecule has 2 nitrogen and oxygen atoms in total. The van der Waals surface area contributed by atoms with E-state index in [-0.39, 0.29) is 5.41 Å². The fraction of sp³-hybridized carbons (Fsp3) is 0.786. The first-order chi connectivity index (χ1) is 7.37. The van der Waals surface area contributed by atoms with Crippen LogP contribution in [-0.2, 0) is 4.79 Å². The van der Waals surface area contributed by atoms with Gasteiger partial charge in [0, 0.05) is 5.57 Å². The molecule has 0 aliphatic heterocycles. The number of hydrogen-bond acceptors (Lipinski definition) is 1. The van der Waals surface area contributed by atoms with Crippen molar-refractivity contribution in [2.24, 2.45) is 17.3 Å². The van der Waals surface area contributed by atoms with E-state index >= 15 is 0 Å². The van der Waals surface area contributed by atoms with Crippen LogP contribution in [0.2, 0.25) is 0 Å². The van der Waals surface area contributed by atoms with Gasteiger partial charge in [0.25, 0.3) is 0 Å². The summed E-state index contributed by atoms with van der Waals surface area (Å²) < 4.78 is 0. The summed E-state index contributed by atoms with van der Waals surface area (Å²) in [7, 11) is 0. The van der Waals surface area contributed by atoms with E-state index in [4.69, 9.17) is 5.11 Å². The molecule has 0 saturated heterocycles. The number of carboxylic acids is 1. The highest BCUT2D eigenvalue weighted by Gasteiger charge is 2.38. The Morgan fingerprint density at radius 2 is 2.19 bits per heavy atom. The van der Waals surface area contributed by atoms with Crippen LogP contribution in [0.25, 0.3) is 0 Å². The minimum atomic E-state index is -0.835. The third kappa shape index (κ3) is 2.87. The van der Waals surface area contributed by atoms with Gasteiger partial charge in [-0.1, -0.05) is 40.2 Å². The third-order valence-electron chi connectivity index (χ3n) is 4.22. The standard InChI is InChI=1S/C14H24O2/c1-10(2)14(9-12(4)13(15)16)7-5-6-11(3)8-14/h10-11H,4-9H2,1-3H3,(H,15,16). The lowest BCUT2D eigenvalue weighted by Gasteiger charge is -2.43. The fourth-order valence-corrected chi connectivity index (χ4v) is 3.09. The molecule has 2 atom stereocenters. The zero-order chi connectivity index (χ0) is 12.3. The van der Waals surface area contributed by atoms with E-state index in [0.717, 1.165) is 18.8 Å². The molecule has 1 fully saturated rings. The maximum atomic E-state index is 10.9. The van der Waals surface area contributed by atoms with Crippen LogP contribution in [0, 0.1) is 17.3 Å². The predicted octanol–water partition coefficient (Wildman–Crippen LogP) is 3.87. The number of carboxylic acid groups (broad SMARTS) is 1. The van der Waals surface area contributed by atoms with Gasteiger partial charge in [-0.25, -0.2) is 4.79 Å². The first-order valence-corrected chi connectivity index (χ1v) is 6.28. The van der Waals surface area contributed by atoms with Crippen molar-refractivity contribution in [3.8, 4) is 0 Å². The lowest BCUT2D eigenvalue weighted by molar-refractivity contribution is -0.133. The zero-order valence-corrected chi connectivity index (χ0v) is 10.8. The summed E-state index contributed by atoms with van der Waals surface area (Å²) >= 11 is 0. The number of carbonyl (C=O) groups is 1. The van der Waals surface area contributed by atoms with Gasteiger partial charge in [-0.05, 0) is 36.5 Å². The second-order valence-corrected chi connectivity index (χ2v) is 5.80. The normalized spacial score (nSPS) is 30.4. The average molecular weight is 224 g/mol. The third-order valence-corrected chi connectivity index (χ3v) is 4.22. The van der Waals surface area contributed by atoms with Crippen LogP contribution in [0.5, 0.6) is 0 Å². The molecule has 0 bridgehead atoms. The van der Waals surface area contributed by atoms with Gasteiger partial charge in [0.05, 0.1) is 0 Å². The van der Waals surface area contributed by atoms with Gasteiger partial charge in [0.15, 0.2) is 0 Å². The van der Waals surface area contributed by atoms with Crippen molar-refractivity contribution < 1.29 is 9.90 Å². The van der Waals surface area contributed by atoms with Crippen molar-refractivity contribution in [1.29, 1.82) is 0 Å². The molecule has 1 saturated carbocycles. The highest BCUT2D eigenvalue weighted by Crippen LogP contribution is 2.48. The Kier molecular flexibility index (Phi) is 4.17. The van der Waals surface area contributed by atoms with Crippen LogP contribution >= 0.6 is 0 Å². The average Bonchev–Trinajstić information content (AvgIpc) is 2.17. The lowest BCUT2D eigenvalue weighted by Crippen LogP contribution is -2.34. The molecule has 0 spiro atoms. The Balaban J connectivity index is 2.80. The highest BCUT2D eigenvalue weighted by atomic mass is 16.4. The van der Waals surface area contributed by atoms with Crippen LogP contribution in [0.15, 0.2) is 12.2 Å². The Bertz CT molecular complexity index is 280. The molecule has 1 aliphatic carbocycles. The smallest absolute Gasteiger partial charge is 0.330 e. The van der Waals surface area contributed by atoms with E-state index in [0.29, 0.717) is 17.9 Å². The van der Waals surface area contributed by atoms with E-state index in [1.54, 1.807) is 0 Å². The Morgan fingerprint density at radius 1 is 1.56 bits per heavy atom. The molecule has 0 aromatic rings. The molecule has 1 N–H and O–H groups in total. The first-order valence-electron chi connectivity index (χ1n) is 6.28. The molecular weight excluding hydrogens is 200 g/mol. The van der Waals surface area contributed by atoms with Crippen LogP contribution in [-0.4, -0.2) is 11.1 Å². The van der Waals surface area contributed by atoms with Crippen molar-refractivity contribution in [3.05, 3.63) is 12.2 Å². The maximum absolute atomic E-state index is 10.9. The van der Waals surface area contributed by atoms with Crippen molar-refractivity contribution in [1.82, 2.24) is 0 Å². The molecule has 0 heterocycles. The van der Waals surface area contributed by atoms with Gasteiger partial charge in [0.1, 0.15) is 0 Å². The van der Waals surface area contributed by atoms with Gasteiger partial charge in [-0.15, -0.1) is 0 Å². The van der Waals surface area contributed by atoms with Crippen molar-refractivity contribution in [2.75, 3.05) is 0 Å². The first kappa shape index (κ1) is 13.3. The van der Waals surface area contributed by atoms with Gasteiger partial charge in [-0.3, -0.25) is 0 Å². The minimum absolute atomic E-state index is 0.174. The predicted molar refractivity (Wildman–Crippen MR) is 66.3 cm³/mol. The van der Waals surface area contributed by atoms with Crippen LogP contribution in [0.3, 0.4) is 0 Å². The summed E-state index contributed by atoms with van der Waals surface area (Å²) in [6.45, 7) is 10.4. The lowest BCUT2D eigenvalue weighted by atomic mass is 9.61. The molecule has 1 rings (SSSR count). The molecule has 0 aromatic carbocycles. The molecule has 16 heavy (non-hydrogen) atoms. The van der Waals surface area contributed by atoms with Crippen molar-refractivity contribution in [3.63, 3.8) is 0 Å². The highest BCUT2D eigenvalue weighted by molar-refractivity contribution is 5.85. The maximum Gasteiger partial charge on any atom is 0.330 e. The number of aliphatic carboxylic acids is 1. The molecule has 2 unspecified atom stereocenters. The fourth-order valence-electron chi connectivity index (χ4n) is 3.09. The van der Waals surface area contributed by atoms with E-state index in [1.165, 1.54) is 12.8 Å². The molecule has 92 valence electrons. The molecule has 1 aliphatic rings. The summed E-state index contributed by atoms with van der Waals surface area (Å²) in [5, 5.41) is 8.98. The van der Waals surface area contributed by atoms with E-state index < -0.39 is 5.97 Å². The van der Waals surface area contributed by atoms with Crippen LogP contribution in [0.4, 0.5) is 0 Å². The molecular formula is C14H24O2. The summed E-state index contributed by atoms with van der Waals surface area (Å²) in [5.74, 6) is 0.419. The summed E-state index contributed by atoms with van der Waals surface area (Å²) in [4.78, 5) is 10.9. The quantitative estimate of drug-likeness (QED) is 0.736. The van der Waals surface area contributed by atoms with E-state index in [9.17, 15) is 4.79 Å². The second-order valence-electron chi connectivity index (χ2n) is 5.80. The number of rotatable bonds is 4. The summed E-state index contributed by atoms with van der Waals surface area (Å²) in [5.41, 5.74) is 0.551. The van der Waals surface area contributed by atoms with Crippen LogP contribution < -0.4 is 0 Å². The van der Waals surface area contributed by atoms with Gasteiger partial charge >= 0.3 is 5.97 Å². The Labute approximate surface area is 98.7 Å². The van der Waals surface area contributed by atoms with Crippen molar-refractivity contribution >= 4 is 5.97 Å². The van der Waals surface area contributed by atoms with Gasteiger partial charge < -0.3 is 5.11 Å². The topological polar surface area (TPSA) is 37.3 Å². The Morgan fingerprint density at radius 3 is 2.62 bits per heavy atom. The Hall–Kier alpha value is -0.790. The molecule has 0 radical (unpaired) electrons. The molecule has 0 amide bonds. The van der Waals surface area contributed by atoms with Crippen LogP contribution in [0.1, 0.15) is 52.9 Å². The van der Waals surface area contributed by atoms with Crippen molar-refractivity contribution in [2.45, 2.75) is 52.9 Å². The molecule has 2 heteroatoms. The van der Waals surface area contributed by atoms with Gasteiger partial charge in [0.2, 0.25) is 0 Å². The summed E-state index contributed by atoms with van der Waals surface area (Å²) in [6, 6.07) is 0. The second kappa shape index (κ2) is 5.03. The number of hydrogen-bond donors (Lipinski definition) is 1. The molecule has 0 aromatic heterocycles. The largest absolute Gasteiger partial charge is 0.478 e. The van der Waals surface area contributed by atoms with Gasteiger partial charge in [-0.2, -0.15) is 0 Å². The van der Waals surface area contributed by atoms with E-state index in [2.05, 4.69) is 27.4 Å². The summed E-state index contributed by atoms with van der Waals surface area (Å²) in [6.07, 6.45) is 5.48. The van der Waals surface area contributed by atoms with E-state index in [1.807, 2.05) is 0 Å². The zero-order valence-electron chi connectivity index (χ0n) is 10.8.